The number of nitrogens with zero attached hydrogens (tertiary/aromatic N) is 2. The summed E-state index contributed by atoms with van der Waals surface area (Å²) in [5, 5.41) is 9.21. The van der Waals surface area contributed by atoms with Crippen LogP contribution in [0, 0.1) is 28.1 Å². The van der Waals surface area contributed by atoms with Crippen LogP contribution in [-0.2, 0) is 9.59 Å². The van der Waals surface area contributed by atoms with Crippen LogP contribution in [0.5, 0.6) is 0 Å². The van der Waals surface area contributed by atoms with E-state index in [1.54, 1.807) is 13.0 Å². The van der Waals surface area contributed by atoms with E-state index in [1.807, 2.05) is 31.7 Å². The van der Waals surface area contributed by atoms with E-state index in [9.17, 15) is 14.9 Å². The molecular formula is C16H22N2O2. The third kappa shape index (κ3) is 1.96. The van der Waals surface area contributed by atoms with Gasteiger partial charge in [0.05, 0.1) is 5.57 Å². The van der Waals surface area contributed by atoms with Gasteiger partial charge in [-0.3, -0.25) is 9.59 Å². The fraction of sp³-hybridized carbons (Fsp3) is 0.688. The summed E-state index contributed by atoms with van der Waals surface area (Å²) in [6, 6.07) is 2.16. The van der Waals surface area contributed by atoms with Gasteiger partial charge >= 0.3 is 0 Å². The van der Waals surface area contributed by atoms with Crippen molar-refractivity contribution in [3.63, 3.8) is 0 Å². The van der Waals surface area contributed by atoms with E-state index < -0.39 is 5.41 Å². The largest absolute Gasteiger partial charge is 0.339 e. The number of Topliss-reactive ketones (excluding diaryl/α,β-unsaturated/α-hetero) is 1. The second-order valence-electron chi connectivity index (χ2n) is 7.01. The predicted octanol–water partition coefficient (Wildman–Crippen LogP) is 2.31. The summed E-state index contributed by atoms with van der Waals surface area (Å²) >= 11 is 0. The van der Waals surface area contributed by atoms with Crippen LogP contribution in [0.25, 0.3) is 0 Å². The number of hydrogen-bond donors (Lipinski definition) is 0. The van der Waals surface area contributed by atoms with Gasteiger partial charge in [-0.15, -0.1) is 0 Å². The Hall–Kier alpha value is -1.63. The summed E-state index contributed by atoms with van der Waals surface area (Å²) in [5.41, 5.74) is -0.612. The molecule has 1 aliphatic heterocycles. The molecule has 1 aliphatic carbocycles. The Labute approximate surface area is 120 Å². The van der Waals surface area contributed by atoms with Gasteiger partial charge in [-0.05, 0) is 19.3 Å². The minimum atomic E-state index is -0.550. The number of hydrogen-bond acceptors (Lipinski definition) is 3. The van der Waals surface area contributed by atoms with Gasteiger partial charge in [-0.2, -0.15) is 5.26 Å². The van der Waals surface area contributed by atoms with Crippen molar-refractivity contribution in [3.05, 3.63) is 11.6 Å². The number of likely N-dealkylation sites (tertiary alicyclic amines) is 1. The fourth-order valence-corrected chi connectivity index (χ4v) is 4.04. The van der Waals surface area contributed by atoms with Gasteiger partial charge in [0.1, 0.15) is 6.07 Å². The summed E-state index contributed by atoms with van der Waals surface area (Å²) < 4.78 is 0. The highest BCUT2D eigenvalue weighted by Gasteiger charge is 2.54. The number of piperidine rings is 1. The summed E-state index contributed by atoms with van der Waals surface area (Å²) in [5.74, 6) is 0.148. The number of nitriles is 1. The quantitative estimate of drug-likeness (QED) is 0.681. The molecular weight excluding hydrogens is 252 g/mol. The van der Waals surface area contributed by atoms with Crippen molar-refractivity contribution in [2.45, 2.75) is 47.1 Å². The van der Waals surface area contributed by atoms with E-state index >= 15 is 0 Å². The molecule has 1 fully saturated rings. The molecule has 0 saturated carbocycles. The summed E-state index contributed by atoms with van der Waals surface area (Å²) in [4.78, 5) is 26.1. The second kappa shape index (κ2) is 4.44. The lowest BCUT2D eigenvalue weighted by Gasteiger charge is -2.55. The molecule has 4 heteroatoms. The van der Waals surface area contributed by atoms with Crippen molar-refractivity contribution in [1.82, 2.24) is 4.90 Å². The minimum Gasteiger partial charge on any atom is -0.339 e. The molecule has 1 heterocycles. The molecule has 0 radical (unpaired) electrons. The molecule has 0 spiro atoms. The Kier molecular flexibility index (Phi) is 3.28. The maximum absolute atomic E-state index is 12.4. The van der Waals surface area contributed by atoms with Crippen molar-refractivity contribution in [2.75, 3.05) is 6.54 Å². The molecule has 2 unspecified atom stereocenters. The van der Waals surface area contributed by atoms with Crippen LogP contribution in [-0.4, -0.2) is 29.2 Å². The van der Waals surface area contributed by atoms with Gasteiger partial charge in [0.15, 0.2) is 5.78 Å². The topological polar surface area (TPSA) is 61.2 Å². The number of carbonyl (C=O) groups is 2. The Balaban J connectivity index is 2.52. The van der Waals surface area contributed by atoms with E-state index in [1.165, 1.54) is 0 Å². The Morgan fingerprint density at radius 2 is 2.05 bits per heavy atom. The van der Waals surface area contributed by atoms with Gasteiger partial charge < -0.3 is 4.90 Å². The van der Waals surface area contributed by atoms with Crippen LogP contribution >= 0.6 is 0 Å². The first-order valence-corrected chi connectivity index (χ1v) is 7.08. The third-order valence-electron chi connectivity index (χ3n) is 5.12. The molecule has 2 aliphatic rings. The van der Waals surface area contributed by atoms with Crippen LogP contribution in [0.4, 0.5) is 0 Å². The molecule has 108 valence electrons. The maximum atomic E-state index is 12.4. The smallest absolute Gasteiger partial charge is 0.219 e. The van der Waals surface area contributed by atoms with Gasteiger partial charge in [0, 0.05) is 30.3 Å². The zero-order valence-electron chi connectivity index (χ0n) is 12.9. The Morgan fingerprint density at radius 1 is 1.45 bits per heavy atom. The summed E-state index contributed by atoms with van der Waals surface area (Å²) in [6.07, 6.45) is 2.59. The average molecular weight is 274 g/mol. The van der Waals surface area contributed by atoms with Gasteiger partial charge in [-0.1, -0.05) is 26.8 Å². The molecule has 0 aromatic heterocycles. The first-order valence-electron chi connectivity index (χ1n) is 7.08. The van der Waals surface area contributed by atoms with Gasteiger partial charge in [-0.25, -0.2) is 0 Å². The highest BCUT2D eigenvalue weighted by molar-refractivity contribution is 6.04. The molecule has 1 saturated heterocycles. The van der Waals surface area contributed by atoms with Crippen molar-refractivity contribution < 1.29 is 9.59 Å². The second-order valence-corrected chi connectivity index (χ2v) is 7.01. The fourth-order valence-electron chi connectivity index (χ4n) is 4.04. The lowest BCUT2D eigenvalue weighted by atomic mass is 9.54. The molecule has 2 rings (SSSR count). The Morgan fingerprint density at radius 3 is 2.55 bits per heavy atom. The Bertz CT molecular complexity index is 541. The van der Waals surface area contributed by atoms with E-state index in [2.05, 4.69) is 6.92 Å². The zero-order valence-corrected chi connectivity index (χ0v) is 12.9. The molecule has 3 atom stereocenters. The van der Waals surface area contributed by atoms with Crippen molar-refractivity contribution in [2.24, 2.45) is 16.7 Å². The SMILES string of the molecule is CC(=O)N1C[C@@]2(C)C=C(C#N)C(=O)C(C)(C)C2CC1C. The van der Waals surface area contributed by atoms with Gasteiger partial charge in [0.2, 0.25) is 5.91 Å². The number of ketones is 1. The number of fused-ring (bicyclic) bond motifs is 1. The first kappa shape index (κ1) is 14.8. The van der Waals surface area contributed by atoms with Crippen LogP contribution in [0.1, 0.15) is 41.0 Å². The number of rotatable bonds is 0. The van der Waals surface area contributed by atoms with E-state index in [0.717, 1.165) is 6.42 Å². The maximum Gasteiger partial charge on any atom is 0.219 e. The zero-order chi connectivity index (χ0) is 15.3. The minimum absolute atomic E-state index is 0.0544. The third-order valence-corrected chi connectivity index (χ3v) is 5.12. The summed E-state index contributed by atoms with van der Waals surface area (Å²) in [7, 11) is 0. The van der Waals surface area contributed by atoms with Crippen LogP contribution < -0.4 is 0 Å². The molecule has 0 N–H and O–H groups in total. The highest BCUT2D eigenvalue weighted by atomic mass is 16.2. The van der Waals surface area contributed by atoms with Crippen molar-refractivity contribution >= 4 is 11.7 Å². The highest BCUT2D eigenvalue weighted by Crippen LogP contribution is 2.53. The van der Waals surface area contributed by atoms with Crippen LogP contribution in [0.15, 0.2) is 11.6 Å². The van der Waals surface area contributed by atoms with Crippen LogP contribution in [0.3, 0.4) is 0 Å². The normalized spacial score (nSPS) is 35.9. The van der Waals surface area contributed by atoms with E-state index in [-0.39, 0.29) is 34.6 Å². The first-order chi connectivity index (χ1) is 9.13. The van der Waals surface area contributed by atoms with E-state index in [0.29, 0.717) is 6.54 Å². The molecule has 1 amide bonds. The van der Waals surface area contributed by atoms with Crippen molar-refractivity contribution in [3.8, 4) is 6.07 Å². The number of allylic oxidation sites excluding steroid dienone is 1. The van der Waals surface area contributed by atoms with Crippen molar-refractivity contribution in [1.29, 1.82) is 5.26 Å². The predicted molar refractivity (Wildman–Crippen MR) is 75.5 cm³/mol. The average Bonchev–Trinajstić information content (AvgIpc) is 2.36. The lowest BCUT2D eigenvalue weighted by molar-refractivity contribution is -0.143. The molecule has 0 aromatic carbocycles. The van der Waals surface area contributed by atoms with E-state index in [4.69, 9.17) is 0 Å². The number of carbonyl (C=O) groups excluding carboxylic acids is 2. The molecule has 20 heavy (non-hydrogen) atoms. The molecule has 0 aromatic rings. The molecule has 4 nitrogen and oxygen atoms in total. The summed E-state index contributed by atoms with van der Waals surface area (Å²) in [6.45, 7) is 10.1. The lowest BCUT2D eigenvalue weighted by Crippen LogP contribution is -2.59. The molecule has 0 bridgehead atoms. The monoisotopic (exact) mass is 274 g/mol. The number of amides is 1. The van der Waals surface area contributed by atoms with Gasteiger partial charge in [0.25, 0.3) is 0 Å². The van der Waals surface area contributed by atoms with Crippen LogP contribution in [0.2, 0.25) is 0 Å². The standard InChI is InChI=1S/C16H22N2O2/c1-10-6-13-15(3,4)14(20)12(8-17)7-16(13,5)9-18(10)11(2)19/h7,10,13H,6,9H2,1-5H3/t10?,13?,16-/m1/s1.